The van der Waals surface area contributed by atoms with E-state index in [1.807, 2.05) is 25.1 Å². The number of halogens is 3. The molecule has 4 aromatic rings. The third-order valence-corrected chi connectivity index (χ3v) is 5.68. The highest BCUT2D eigenvalue weighted by molar-refractivity contribution is 9.10. The molecule has 1 atom stereocenters. The van der Waals surface area contributed by atoms with Crippen molar-refractivity contribution in [1.82, 2.24) is 14.5 Å². The third kappa shape index (κ3) is 4.17. The maximum Gasteiger partial charge on any atom is 0.418 e. The van der Waals surface area contributed by atoms with Crippen LogP contribution in [0.2, 0.25) is 0 Å². The highest BCUT2D eigenvalue weighted by atomic mass is 79.9. The number of hydrogen-bond donors (Lipinski definition) is 1. The van der Waals surface area contributed by atoms with Gasteiger partial charge in [-0.05, 0) is 62.7 Å². The lowest BCUT2D eigenvalue weighted by Gasteiger charge is -2.19. The average Bonchev–Trinajstić information content (AvgIpc) is 3.17. The summed E-state index contributed by atoms with van der Waals surface area (Å²) in [5.74, 6) is 1.19. The first-order chi connectivity index (χ1) is 15.3. The number of carbonyl (C=O) groups is 1. The number of fused-ring (bicyclic) bond motifs is 2. The van der Waals surface area contributed by atoms with Crippen molar-refractivity contribution in [3.63, 3.8) is 0 Å². The summed E-state index contributed by atoms with van der Waals surface area (Å²) in [6, 6.07) is 10.0. The zero-order chi connectivity index (χ0) is 23.0. The number of benzene rings is 2. The van der Waals surface area contributed by atoms with Crippen molar-refractivity contribution >= 4 is 49.6 Å². The van der Waals surface area contributed by atoms with Crippen LogP contribution in [0, 0.1) is 6.92 Å². The summed E-state index contributed by atoms with van der Waals surface area (Å²) in [5.41, 5.74) is 1.60. The van der Waals surface area contributed by atoms with Crippen molar-refractivity contribution in [3.05, 3.63) is 64.0 Å². The van der Waals surface area contributed by atoms with Crippen molar-refractivity contribution in [3.8, 4) is 0 Å². The first-order valence-electron chi connectivity index (χ1n) is 10.1. The minimum Gasteiger partial charge on any atom is -0.449 e. The van der Waals surface area contributed by atoms with Gasteiger partial charge in [0.25, 0.3) is 6.43 Å². The van der Waals surface area contributed by atoms with Crippen LogP contribution >= 0.6 is 15.9 Å². The zero-order valence-corrected chi connectivity index (χ0v) is 19.3. The number of aryl methyl sites for hydroxylation is 1. The summed E-state index contributed by atoms with van der Waals surface area (Å²) in [6.45, 7) is 5.53. The molecule has 0 aliphatic rings. The summed E-state index contributed by atoms with van der Waals surface area (Å²) in [5, 5.41) is 4.45. The van der Waals surface area contributed by atoms with Gasteiger partial charge in [-0.1, -0.05) is 15.9 Å². The van der Waals surface area contributed by atoms with Gasteiger partial charge in [-0.25, -0.2) is 23.5 Å². The van der Waals surface area contributed by atoms with E-state index in [0.29, 0.717) is 28.1 Å². The number of anilines is 1. The quantitative estimate of drug-likeness (QED) is 0.326. The molecule has 0 spiro atoms. The number of rotatable bonds is 5. The summed E-state index contributed by atoms with van der Waals surface area (Å²) in [6.07, 6.45) is -1.85. The normalized spacial score (nSPS) is 12.5. The lowest BCUT2D eigenvalue weighted by molar-refractivity contribution is 0.152. The molecule has 2 aromatic carbocycles. The summed E-state index contributed by atoms with van der Waals surface area (Å²) in [4.78, 5) is 21.3. The zero-order valence-electron chi connectivity index (χ0n) is 17.7. The van der Waals surface area contributed by atoms with Gasteiger partial charge in [-0.3, -0.25) is 4.57 Å². The third-order valence-electron chi connectivity index (χ3n) is 5.18. The minimum absolute atomic E-state index is 0.138. The highest BCUT2D eigenvalue weighted by Crippen LogP contribution is 2.34. The fraction of sp³-hybridized carbons (Fsp3) is 0.261. The standard InChI is InChI=1S/C23H21BrF2N4O2/c1-4-32-23(31)30-8-7-16-17(21(25)26)9-14(10-20(16)30)12(2)27-22-18-11-15(24)5-6-19(18)28-13(3)29-22/h5-12,21H,4H2,1-3H3,(H,27,28,29)/t12-/m1/s1. The van der Waals surface area contributed by atoms with Gasteiger partial charge < -0.3 is 10.1 Å². The molecule has 0 saturated carbocycles. The number of nitrogens with one attached hydrogen (secondary N) is 1. The van der Waals surface area contributed by atoms with Crippen LogP contribution in [0.15, 0.2) is 47.1 Å². The van der Waals surface area contributed by atoms with Crippen molar-refractivity contribution in [2.75, 3.05) is 11.9 Å². The molecule has 32 heavy (non-hydrogen) atoms. The predicted octanol–water partition coefficient (Wildman–Crippen LogP) is 6.77. The number of carbonyl (C=O) groups excluding carboxylic acids is 1. The van der Waals surface area contributed by atoms with E-state index in [2.05, 4.69) is 31.2 Å². The molecule has 0 bridgehead atoms. The Bertz CT molecular complexity index is 1320. The molecule has 0 fully saturated rings. The second kappa shape index (κ2) is 8.82. The first-order valence-corrected chi connectivity index (χ1v) is 10.9. The Morgan fingerprint density at radius 1 is 1.19 bits per heavy atom. The minimum atomic E-state index is -2.69. The fourth-order valence-corrected chi connectivity index (χ4v) is 4.05. The maximum atomic E-state index is 13.9. The van der Waals surface area contributed by atoms with E-state index in [0.717, 1.165) is 15.4 Å². The van der Waals surface area contributed by atoms with Gasteiger partial charge in [-0.15, -0.1) is 0 Å². The molecule has 2 aromatic heterocycles. The molecule has 0 saturated heterocycles. The van der Waals surface area contributed by atoms with E-state index in [1.54, 1.807) is 19.9 Å². The molecule has 9 heteroatoms. The van der Waals surface area contributed by atoms with Gasteiger partial charge in [0.05, 0.1) is 23.7 Å². The molecule has 0 aliphatic heterocycles. The van der Waals surface area contributed by atoms with E-state index < -0.39 is 12.5 Å². The number of hydrogen-bond acceptors (Lipinski definition) is 5. The topological polar surface area (TPSA) is 69.0 Å². The molecular weight excluding hydrogens is 482 g/mol. The number of alkyl halides is 2. The van der Waals surface area contributed by atoms with E-state index in [1.165, 1.54) is 22.9 Å². The van der Waals surface area contributed by atoms with E-state index in [-0.39, 0.29) is 18.2 Å². The van der Waals surface area contributed by atoms with Crippen LogP contribution in [0.5, 0.6) is 0 Å². The van der Waals surface area contributed by atoms with Crippen LogP contribution in [0.1, 0.15) is 43.3 Å². The Morgan fingerprint density at radius 2 is 1.97 bits per heavy atom. The smallest absolute Gasteiger partial charge is 0.418 e. The van der Waals surface area contributed by atoms with Crippen molar-refractivity contribution < 1.29 is 18.3 Å². The summed E-state index contributed by atoms with van der Waals surface area (Å²) < 4.78 is 34.9. The Balaban J connectivity index is 1.79. The number of nitrogens with zero attached hydrogens (tertiary/aromatic N) is 3. The Labute approximate surface area is 191 Å². The molecule has 2 heterocycles. The van der Waals surface area contributed by atoms with Gasteiger partial charge in [0.2, 0.25) is 0 Å². The van der Waals surface area contributed by atoms with Crippen LogP contribution in [0.4, 0.5) is 19.4 Å². The number of aromatic nitrogens is 3. The highest BCUT2D eigenvalue weighted by Gasteiger charge is 2.21. The molecule has 0 amide bonds. The van der Waals surface area contributed by atoms with Gasteiger partial charge in [0.15, 0.2) is 0 Å². The van der Waals surface area contributed by atoms with Gasteiger partial charge in [-0.2, -0.15) is 0 Å². The molecule has 6 nitrogen and oxygen atoms in total. The second-order valence-electron chi connectivity index (χ2n) is 7.38. The molecular formula is C23H21BrF2N4O2. The molecule has 166 valence electrons. The van der Waals surface area contributed by atoms with Crippen LogP contribution < -0.4 is 5.32 Å². The first kappa shape index (κ1) is 22.1. The lowest BCUT2D eigenvalue weighted by Crippen LogP contribution is -2.13. The van der Waals surface area contributed by atoms with E-state index in [9.17, 15) is 13.6 Å². The molecule has 1 N–H and O–H groups in total. The Hall–Kier alpha value is -3.07. The SMILES string of the molecule is CCOC(=O)n1ccc2c(C(F)F)cc([C@@H](C)Nc3nc(C)nc4ccc(Br)cc34)cc21. The molecule has 0 radical (unpaired) electrons. The second-order valence-corrected chi connectivity index (χ2v) is 8.29. The summed E-state index contributed by atoms with van der Waals surface area (Å²) in [7, 11) is 0. The van der Waals surface area contributed by atoms with E-state index in [4.69, 9.17) is 4.74 Å². The number of ether oxygens (including phenoxy) is 1. The van der Waals surface area contributed by atoms with Gasteiger partial charge >= 0.3 is 6.09 Å². The average molecular weight is 503 g/mol. The maximum absolute atomic E-state index is 13.9. The van der Waals surface area contributed by atoms with Gasteiger partial charge in [0, 0.05) is 27.0 Å². The van der Waals surface area contributed by atoms with Crippen LogP contribution in [-0.4, -0.2) is 27.2 Å². The molecule has 0 unspecified atom stereocenters. The molecule has 4 rings (SSSR count). The predicted molar refractivity (Wildman–Crippen MR) is 123 cm³/mol. The van der Waals surface area contributed by atoms with Crippen LogP contribution in [0.25, 0.3) is 21.8 Å². The van der Waals surface area contributed by atoms with Crippen LogP contribution in [-0.2, 0) is 4.74 Å². The van der Waals surface area contributed by atoms with Crippen molar-refractivity contribution in [1.29, 1.82) is 0 Å². The Morgan fingerprint density at radius 3 is 2.69 bits per heavy atom. The Kier molecular flexibility index (Phi) is 6.10. The largest absolute Gasteiger partial charge is 0.449 e. The van der Waals surface area contributed by atoms with Gasteiger partial charge in [0.1, 0.15) is 11.6 Å². The van der Waals surface area contributed by atoms with Crippen molar-refractivity contribution in [2.45, 2.75) is 33.2 Å². The summed E-state index contributed by atoms with van der Waals surface area (Å²) >= 11 is 3.47. The van der Waals surface area contributed by atoms with E-state index >= 15 is 0 Å². The molecule has 0 aliphatic carbocycles. The lowest BCUT2D eigenvalue weighted by atomic mass is 10.0. The fourth-order valence-electron chi connectivity index (χ4n) is 3.69. The monoisotopic (exact) mass is 502 g/mol. The van der Waals surface area contributed by atoms with Crippen LogP contribution in [0.3, 0.4) is 0 Å². The van der Waals surface area contributed by atoms with Crippen molar-refractivity contribution in [2.24, 2.45) is 0 Å².